The summed E-state index contributed by atoms with van der Waals surface area (Å²) in [5.41, 5.74) is 2.14. The van der Waals surface area contributed by atoms with Crippen molar-refractivity contribution in [1.29, 1.82) is 0 Å². The SMILES string of the molecule is C=C(CCC(N=Nc1ccc(OC)cc1)=NN)c1ccc(O)c(O)c1. The number of azo groups is 1. The average Bonchev–Trinajstić information content (AvgIpc) is 2.64. The molecule has 0 atom stereocenters. The lowest BCUT2D eigenvalue weighted by molar-refractivity contribution is 0.403. The highest BCUT2D eigenvalue weighted by atomic mass is 16.5. The van der Waals surface area contributed by atoms with E-state index in [1.54, 1.807) is 37.4 Å². The number of nitrogens with zero attached hydrogens (tertiary/aromatic N) is 3. The molecular formula is C18H20N4O3. The van der Waals surface area contributed by atoms with Gasteiger partial charge in [-0.15, -0.1) is 10.2 Å². The van der Waals surface area contributed by atoms with Gasteiger partial charge in [0, 0.05) is 6.42 Å². The third-order valence-corrected chi connectivity index (χ3v) is 3.54. The van der Waals surface area contributed by atoms with Crippen LogP contribution >= 0.6 is 0 Å². The van der Waals surface area contributed by atoms with Gasteiger partial charge in [-0.3, -0.25) is 0 Å². The van der Waals surface area contributed by atoms with Crippen LogP contribution in [0.1, 0.15) is 18.4 Å². The molecule has 0 aliphatic rings. The van der Waals surface area contributed by atoms with Crippen LogP contribution in [0.3, 0.4) is 0 Å². The van der Waals surface area contributed by atoms with E-state index in [2.05, 4.69) is 21.9 Å². The van der Waals surface area contributed by atoms with Crippen LogP contribution in [0, 0.1) is 0 Å². The summed E-state index contributed by atoms with van der Waals surface area (Å²) in [5, 5.41) is 30.6. The lowest BCUT2D eigenvalue weighted by atomic mass is 10.0. The fourth-order valence-corrected chi connectivity index (χ4v) is 2.06. The van der Waals surface area contributed by atoms with E-state index in [0.717, 1.165) is 16.9 Å². The molecular weight excluding hydrogens is 320 g/mol. The second kappa shape index (κ2) is 8.49. The van der Waals surface area contributed by atoms with Gasteiger partial charge in [0.1, 0.15) is 5.75 Å². The predicted octanol–water partition coefficient (Wildman–Crippen LogP) is 3.96. The molecule has 0 aliphatic carbocycles. The molecule has 0 aromatic heterocycles. The highest BCUT2D eigenvalue weighted by molar-refractivity contribution is 5.84. The first-order chi connectivity index (χ1) is 12.0. The molecule has 0 fully saturated rings. The number of hydrogen-bond donors (Lipinski definition) is 3. The highest BCUT2D eigenvalue weighted by Gasteiger charge is 2.06. The molecule has 4 N–H and O–H groups in total. The zero-order chi connectivity index (χ0) is 18.2. The minimum absolute atomic E-state index is 0.172. The monoisotopic (exact) mass is 340 g/mol. The summed E-state index contributed by atoms with van der Waals surface area (Å²) in [4.78, 5) is 0. The molecule has 0 saturated heterocycles. The number of nitrogens with two attached hydrogens (primary N) is 1. The van der Waals surface area contributed by atoms with Crippen molar-refractivity contribution < 1.29 is 14.9 Å². The Morgan fingerprint density at radius 3 is 2.40 bits per heavy atom. The molecule has 0 unspecified atom stereocenters. The lowest BCUT2D eigenvalue weighted by Crippen LogP contribution is -1.98. The normalized spacial score (nSPS) is 11.6. The van der Waals surface area contributed by atoms with Gasteiger partial charge in [-0.2, -0.15) is 5.10 Å². The minimum Gasteiger partial charge on any atom is -0.504 e. The van der Waals surface area contributed by atoms with Crippen LogP contribution in [0.25, 0.3) is 5.57 Å². The number of phenols is 2. The van der Waals surface area contributed by atoms with E-state index in [9.17, 15) is 10.2 Å². The lowest BCUT2D eigenvalue weighted by Gasteiger charge is -2.07. The maximum atomic E-state index is 9.54. The molecule has 2 rings (SSSR count). The highest BCUT2D eigenvalue weighted by Crippen LogP contribution is 2.29. The van der Waals surface area contributed by atoms with Crippen LogP contribution in [0.2, 0.25) is 0 Å². The number of allylic oxidation sites excluding steroid dienone is 1. The largest absolute Gasteiger partial charge is 0.504 e. The first-order valence-corrected chi connectivity index (χ1v) is 7.56. The fourth-order valence-electron chi connectivity index (χ4n) is 2.06. The van der Waals surface area contributed by atoms with E-state index < -0.39 is 0 Å². The number of benzene rings is 2. The van der Waals surface area contributed by atoms with Gasteiger partial charge >= 0.3 is 0 Å². The minimum atomic E-state index is -0.189. The van der Waals surface area contributed by atoms with Crippen molar-refractivity contribution in [1.82, 2.24) is 0 Å². The number of hydrogen-bond acceptors (Lipinski definition) is 6. The number of hydrazone groups is 1. The standard InChI is InChI=1S/C18H20N4O3/c1-12(13-4-9-16(23)17(24)11-13)3-10-18(20-19)22-21-14-5-7-15(25-2)8-6-14/h4-9,11,23-24H,1,3,10,19H2,2H3. The fraction of sp³-hybridized carbons (Fsp3) is 0.167. The van der Waals surface area contributed by atoms with E-state index in [1.807, 2.05) is 0 Å². The molecule has 25 heavy (non-hydrogen) atoms. The van der Waals surface area contributed by atoms with E-state index >= 15 is 0 Å². The number of methoxy groups -OCH3 is 1. The summed E-state index contributed by atoms with van der Waals surface area (Å²) < 4.78 is 5.08. The van der Waals surface area contributed by atoms with Crippen molar-refractivity contribution in [3.63, 3.8) is 0 Å². The van der Waals surface area contributed by atoms with E-state index in [0.29, 0.717) is 24.4 Å². The maximum Gasteiger partial charge on any atom is 0.170 e. The summed E-state index contributed by atoms with van der Waals surface area (Å²) in [6.45, 7) is 3.96. The molecule has 0 bridgehead atoms. The maximum absolute atomic E-state index is 9.54. The van der Waals surface area contributed by atoms with Crippen LogP contribution in [0.4, 0.5) is 5.69 Å². The van der Waals surface area contributed by atoms with Gasteiger partial charge in [0.25, 0.3) is 0 Å². The quantitative estimate of drug-likeness (QED) is 0.184. The van der Waals surface area contributed by atoms with Gasteiger partial charge in [0.15, 0.2) is 17.3 Å². The molecule has 7 heteroatoms. The van der Waals surface area contributed by atoms with Gasteiger partial charge in [-0.25, -0.2) is 0 Å². The zero-order valence-electron chi connectivity index (χ0n) is 13.9. The molecule has 2 aromatic rings. The van der Waals surface area contributed by atoms with E-state index in [-0.39, 0.29) is 11.5 Å². The second-order valence-corrected chi connectivity index (χ2v) is 5.25. The second-order valence-electron chi connectivity index (χ2n) is 5.25. The van der Waals surface area contributed by atoms with Gasteiger partial charge in [-0.05, 0) is 54.0 Å². The molecule has 7 nitrogen and oxygen atoms in total. The third-order valence-electron chi connectivity index (χ3n) is 3.54. The van der Waals surface area contributed by atoms with Gasteiger partial charge in [-0.1, -0.05) is 12.6 Å². The van der Waals surface area contributed by atoms with Crippen molar-refractivity contribution >= 4 is 17.1 Å². The Hall–Kier alpha value is -3.35. The molecule has 0 heterocycles. The van der Waals surface area contributed by atoms with Crippen LogP contribution in [0.15, 0.2) is 64.4 Å². The van der Waals surface area contributed by atoms with Crippen LogP contribution in [0.5, 0.6) is 17.2 Å². The van der Waals surface area contributed by atoms with Crippen LogP contribution < -0.4 is 10.6 Å². The number of rotatable bonds is 6. The Kier molecular flexibility index (Phi) is 6.11. The topological polar surface area (TPSA) is 113 Å². The molecule has 0 aliphatic heterocycles. The van der Waals surface area contributed by atoms with Crippen molar-refractivity contribution in [2.45, 2.75) is 12.8 Å². The Bertz CT molecular complexity index is 798. The predicted molar refractivity (Wildman–Crippen MR) is 97.2 cm³/mol. The van der Waals surface area contributed by atoms with Crippen molar-refractivity contribution in [3.8, 4) is 17.2 Å². The summed E-state index contributed by atoms with van der Waals surface area (Å²) in [6, 6.07) is 11.7. The van der Waals surface area contributed by atoms with E-state index in [4.69, 9.17) is 10.6 Å². The average molecular weight is 340 g/mol. The Balaban J connectivity index is 1.96. The third kappa shape index (κ3) is 5.07. The van der Waals surface area contributed by atoms with Gasteiger partial charge in [0.2, 0.25) is 0 Å². The molecule has 0 amide bonds. The summed E-state index contributed by atoms with van der Waals surface area (Å²) in [7, 11) is 1.59. The molecule has 0 radical (unpaired) electrons. The molecule has 130 valence electrons. The smallest absolute Gasteiger partial charge is 0.170 e. The van der Waals surface area contributed by atoms with Crippen molar-refractivity contribution in [2.24, 2.45) is 21.2 Å². The van der Waals surface area contributed by atoms with Crippen LogP contribution in [-0.2, 0) is 0 Å². The Morgan fingerprint density at radius 1 is 1.08 bits per heavy atom. The summed E-state index contributed by atoms with van der Waals surface area (Å²) >= 11 is 0. The Labute approximate surface area is 145 Å². The van der Waals surface area contributed by atoms with Crippen molar-refractivity contribution in [3.05, 3.63) is 54.6 Å². The first kappa shape index (κ1) is 18.0. The number of amidine groups is 1. The first-order valence-electron chi connectivity index (χ1n) is 7.56. The number of phenolic OH excluding ortho intramolecular Hbond substituents is 2. The van der Waals surface area contributed by atoms with Gasteiger partial charge < -0.3 is 20.8 Å². The van der Waals surface area contributed by atoms with Crippen molar-refractivity contribution in [2.75, 3.05) is 7.11 Å². The number of aromatic hydroxyl groups is 2. The summed E-state index contributed by atoms with van der Waals surface area (Å²) in [5.74, 6) is 6.11. The Morgan fingerprint density at radius 2 is 1.80 bits per heavy atom. The summed E-state index contributed by atoms with van der Waals surface area (Å²) in [6.07, 6.45) is 0.971. The van der Waals surface area contributed by atoms with Gasteiger partial charge in [0.05, 0.1) is 12.8 Å². The zero-order valence-corrected chi connectivity index (χ0v) is 13.9. The number of ether oxygens (including phenoxy) is 1. The van der Waals surface area contributed by atoms with E-state index in [1.165, 1.54) is 12.1 Å². The molecule has 0 spiro atoms. The molecule has 0 saturated carbocycles. The molecule has 2 aromatic carbocycles. The van der Waals surface area contributed by atoms with Crippen LogP contribution in [-0.4, -0.2) is 23.2 Å².